The van der Waals surface area contributed by atoms with Crippen LogP contribution >= 0.6 is 23.2 Å². The highest BCUT2D eigenvalue weighted by atomic mass is 35.5. The number of carbonyl (C=O) groups is 2. The van der Waals surface area contributed by atoms with E-state index in [0.29, 0.717) is 27.0 Å². The molecule has 3 aromatic rings. The molecule has 0 atom stereocenters. The van der Waals surface area contributed by atoms with E-state index in [2.05, 4.69) is 15.8 Å². The molecule has 3 rings (SSSR count). The number of hydrogen-bond donors (Lipinski definition) is 2. The molecule has 6 nitrogen and oxygen atoms in total. The summed E-state index contributed by atoms with van der Waals surface area (Å²) in [7, 11) is 0. The van der Waals surface area contributed by atoms with Gasteiger partial charge in [-0.15, -0.1) is 0 Å². The van der Waals surface area contributed by atoms with Crippen LogP contribution in [0.15, 0.2) is 71.8 Å². The van der Waals surface area contributed by atoms with Crippen molar-refractivity contribution < 1.29 is 18.7 Å². The van der Waals surface area contributed by atoms with Crippen molar-refractivity contribution in [2.45, 2.75) is 13.0 Å². The van der Waals surface area contributed by atoms with E-state index in [1.807, 2.05) is 18.2 Å². The van der Waals surface area contributed by atoms with Gasteiger partial charge < -0.3 is 10.1 Å². The zero-order chi connectivity index (χ0) is 22.9. The molecule has 2 amide bonds. The van der Waals surface area contributed by atoms with Gasteiger partial charge in [0.05, 0.1) is 6.21 Å². The van der Waals surface area contributed by atoms with E-state index in [9.17, 15) is 14.0 Å². The van der Waals surface area contributed by atoms with Gasteiger partial charge in [-0.05, 0) is 48.5 Å². The Bertz CT molecular complexity index is 1140. The summed E-state index contributed by atoms with van der Waals surface area (Å²) in [5.41, 5.74) is 4.00. The van der Waals surface area contributed by atoms with Gasteiger partial charge in [-0.1, -0.05) is 41.4 Å². The van der Waals surface area contributed by atoms with E-state index in [1.54, 1.807) is 24.3 Å². The number of nitrogens with one attached hydrogen (secondary N) is 2. The smallest absolute Gasteiger partial charge is 0.249 e. The van der Waals surface area contributed by atoms with Gasteiger partial charge in [0, 0.05) is 26.9 Å². The minimum Gasteiger partial charge on any atom is -0.488 e. The van der Waals surface area contributed by atoms with Crippen LogP contribution in [0.1, 0.15) is 17.5 Å². The van der Waals surface area contributed by atoms with Crippen LogP contribution in [0.25, 0.3) is 0 Å². The molecule has 32 heavy (non-hydrogen) atoms. The molecule has 0 radical (unpaired) electrons. The van der Waals surface area contributed by atoms with Gasteiger partial charge in [0.25, 0.3) is 0 Å². The monoisotopic (exact) mass is 473 g/mol. The van der Waals surface area contributed by atoms with Crippen molar-refractivity contribution >= 4 is 46.9 Å². The fourth-order valence-corrected chi connectivity index (χ4v) is 2.99. The van der Waals surface area contributed by atoms with E-state index < -0.39 is 24.1 Å². The number of rotatable bonds is 8. The van der Waals surface area contributed by atoms with Crippen LogP contribution in [0.2, 0.25) is 10.0 Å². The Kier molecular flexibility index (Phi) is 8.19. The molecule has 0 aromatic heterocycles. The lowest BCUT2D eigenvalue weighted by Crippen LogP contribution is -2.24. The molecule has 9 heteroatoms. The molecule has 164 valence electrons. The van der Waals surface area contributed by atoms with E-state index >= 15 is 0 Å². The molecule has 3 aromatic carbocycles. The fraction of sp³-hybridized carbons (Fsp3) is 0.0870. The summed E-state index contributed by atoms with van der Waals surface area (Å²) < 4.78 is 18.7. The first-order valence-corrected chi connectivity index (χ1v) is 10.2. The van der Waals surface area contributed by atoms with Crippen LogP contribution in [0.5, 0.6) is 5.75 Å². The third kappa shape index (κ3) is 7.08. The second-order valence-electron chi connectivity index (χ2n) is 6.59. The molecule has 0 fully saturated rings. The van der Waals surface area contributed by atoms with Crippen LogP contribution < -0.4 is 15.5 Å². The number of carbonyl (C=O) groups excluding carboxylic acids is 2. The third-order valence-corrected chi connectivity index (χ3v) is 4.76. The highest BCUT2D eigenvalue weighted by Crippen LogP contribution is 2.24. The quantitative estimate of drug-likeness (QED) is 0.268. The van der Waals surface area contributed by atoms with Gasteiger partial charge in [-0.25, -0.2) is 9.82 Å². The van der Waals surface area contributed by atoms with Crippen molar-refractivity contribution in [3.63, 3.8) is 0 Å². The molecule has 0 bridgehead atoms. The number of halogens is 3. The molecule has 0 saturated heterocycles. The van der Waals surface area contributed by atoms with Crippen molar-refractivity contribution in [2.75, 3.05) is 5.32 Å². The highest BCUT2D eigenvalue weighted by Gasteiger charge is 2.10. The lowest BCUT2D eigenvalue weighted by molar-refractivity contribution is -0.126. The van der Waals surface area contributed by atoms with E-state index in [0.717, 1.165) is 5.56 Å². The van der Waals surface area contributed by atoms with Crippen LogP contribution in [0.4, 0.5) is 10.1 Å². The maximum absolute atomic E-state index is 12.9. The first-order chi connectivity index (χ1) is 15.4. The minimum atomic E-state index is -0.624. The predicted octanol–water partition coefficient (Wildman–Crippen LogP) is 5.19. The summed E-state index contributed by atoms with van der Waals surface area (Å²) >= 11 is 12.2. The minimum absolute atomic E-state index is 0.234. The van der Waals surface area contributed by atoms with Crippen LogP contribution in [0, 0.1) is 5.82 Å². The van der Waals surface area contributed by atoms with Crippen molar-refractivity contribution in [1.29, 1.82) is 0 Å². The molecule has 0 aliphatic carbocycles. The van der Waals surface area contributed by atoms with Crippen molar-refractivity contribution in [3.05, 3.63) is 93.7 Å². The molecular formula is C23H18Cl2FN3O3. The van der Waals surface area contributed by atoms with Crippen molar-refractivity contribution in [2.24, 2.45) is 5.10 Å². The molecule has 0 spiro atoms. The second kappa shape index (κ2) is 11.3. The number of benzene rings is 3. The summed E-state index contributed by atoms with van der Waals surface area (Å²) in [5.74, 6) is -1.12. The van der Waals surface area contributed by atoms with Crippen LogP contribution in [-0.2, 0) is 16.2 Å². The summed E-state index contributed by atoms with van der Waals surface area (Å²) in [4.78, 5) is 23.9. The Labute approximate surface area is 194 Å². The number of hydrogen-bond acceptors (Lipinski definition) is 4. The molecular weight excluding hydrogens is 456 g/mol. The molecule has 0 aliphatic rings. The fourth-order valence-electron chi connectivity index (χ4n) is 2.62. The predicted molar refractivity (Wildman–Crippen MR) is 123 cm³/mol. The Morgan fingerprint density at radius 1 is 1.00 bits per heavy atom. The zero-order valence-corrected chi connectivity index (χ0v) is 18.2. The summed E-state index contributed by atoms with van der Waals surface area (Å²) in [6, 6.07) is 17.5. The summed E-state index contributed by atoms with van der Waals surface area (Å²) in [6.45, 7) is 0.234. The van der Waals surface area contributed by atoms with E-state index in [-0.39, 0.29) is 6.61 Å². The van der Waals surface area contributed by atoms with Gasteiger partial charge in [0.15, 0.2) is 0 Å². The molecule has 2 N–H and O–H groups in total. The van der Waals surface area contributed by atoms with E-state index in [1.165, 1.54) is 30.5 Å². The summed E-state index contributed by atoms with van der Waals surface area (Å²) in [5, 5.41) is 7.41. The van der Waals surface area contributed by atoms with Gasteiger partial charge in [0.1, 0.15) is 24.6 Å². The average molecular weight is 474 g/mol. The molecule has 0 unspecified atom stereocenters. The van der Waals surface area contributed by atoms with Crippen molar-refractivity contribution in [3.8, 4) is 5.75 Å². The Balaban J connectivity index is 1.56. The Morgan fingerprint density at radius 2 is 1.75 bits per heavy atom. The van der Waals surface area contributed by atoms with Gasteiger partial charge in [-0.2, -0.15) is 5.10 Å². The summed E-state index contributed by atoms with van der Waals surface area (Å²) in [6.07, 6.45) is 0.906. The number of hydrazone groups is 1. The highest BCUT2D eigenvalue weighted by molar-refractivity contribution is 6.31. The topological polar surface area (TPSA) is 79.8 Å². The maximum atomic E-state index is 12.9. The standard InChI is InChI=1S/C23H18Cl2FN3O3/c24-17-5-10-21(32-14-15-3-1-2-4-20(15)25)16(11-17)13-27-29-23(31)12-22(30)28-19-8-6-18(26)7-9-19/h1-11,13H,12,14H2,(H,28,30)(H,29,31). The normalized spacial score (nSPS) is 10.7. The Morgan fingerprint density at radius 3 is 2.50 bits per heavy atom. The average Bonchev–Trinajstić information content (AvgIpc) is 2.76. The first kappa shape index (κ1) is 23.2. The Hall–Kier alpha value is -3.42. The van der Waals surface area contributed by atoms with Crippen molar-refractivity contribution in [1.82, 2.24) is 5.43 Å². The largest absolute Gasteiger partial charge is 0.488 e. The first-order valence-electron chi connectivity index (χ1n) is 9.44. The van der Waals surface area contributed by atoms with E-state index in [4.69, 9.17) is 27.9 Å². The molecule has 0 saturated carbocycles. The maximum Gasteiger partial charge on any atom is 0.249 e. The number of amides is 2. The zero-order valence-electron chi connectivity index (χ0n) is 16.6. The van der Waals surface area contributed by atoms with Gasteiger partial charge in [0.2, 0.25) is 11.8 Å². The molecule has 0 heterocycles. The lowest BCUT2D eigenvalue weighted by Gasteiger charge is -2.10. The lowest BCUT2D eigenvalue weighted by atomic mass is 10.2. The second-order valence-corrected chi connectivity index (χ2v) is 7.43. The number of nitrogens with zero attached hydrogens (tertiary/aromatic N) is 1. The number of ether oxygens (including phenoxy) is 1. The van der Waals surface area contributed by atoms with Crippen LogP contribution in [-0.4, -0.2) is 18.0 Å². The third-order valence-electron chi connectivity index (χ3n) is 4.15. The SMILES string of the molecule is O=C(CC(=O)Nc1ccc(F)cc1)NN=Cc1cc(Cl)ccc1OCc1ccccc1Cl. The van der Waals surface area contributed by atoms with Gasteiger partial charge in [-0.3, -0.25) is 9.59 Å². The number of anilines is 1. The molecule has 0 aliphatic heterocycles. The van der Waals surface area contributed by atoms with Gasteiger partial charge >= 0.3 is 0 Å². The van der Waals surface area contributed by atoms with Crippen LogP contribution in [0.3, 0.4) is 0 Å².